The standard InChI is InChI=1S/C7H9O/c8-6-7-4-2-1-3-5-7/h1-2,7H,3-5H2. The highest BCUT2D eigenvalue weighted by molar-refractivity contribution is 5.55. The lowest BCUT2D eigenvalue weighted by atomic mass is 9.96. The van der Waals surface area contributed by atoms with Crippen molar-refractivity contribution in [2.24, 2.45) is 5.92 Å². The number of carbonyl (C=O) groups excluding carboxylic acids is 1. The van der Waals surface area contributed by atoms with Gasteiger partial charge in [-0.2, -0.15) is 0 Å². The smallest absolute Gasteiger partial charge is 0.202 e. The van der Waals surface area contributed by atoms with Gasteiger partial charge in [-0.3, -0.25) is 4.79 Å². The molecule has 1 aliphatic rings. The van der Waals surface area contributed by atoms with Crippen LogP contribution in [0.4, 0.5) is 0 Å². The van der Waals surface area contributed by atoms with Crippen LogP contribution < -0.4 is 0 Å². The summed E-state index contributed by atoms with van der Waals surface area (Å²) in [7, 11) is 0. The fourth-order valence-electron chi connectivity index (χ4n) is 0.901. The van der Waals surface area contributed by atoms with Crippen molar-refractivity contribution in [1.29, 1.82) is 0 Å². The summed E-state index contributed by atoms with van der Waals surface area (Å²) in [6, 6.07) is 0. The van der Waals surface area contributed by atoms with Gasteiger partial charge in [0.1, 0.15) is 0 Å². The van der Waals surface area contributed by atoms with E-state index in [-0.39, 0.29) is 5.92 Å². The third kappa shape index (κ3) is 1.19. The van der Waals surface area contributed by atoms with Gasteiger partial charge in [-0.05, 0) is 19.3 Å². The van der Waals surface area contributed by atoms with E-state index in [1.165, 1.54) is 0 Å². The summed E-state index contributed by atoms with van der Waals surface area (Å²) in [4.78, 5) is 10.0. The highest BCUT2D eigenvalue weighted by Gasteiger charge is 2.07. The Balaban J connectivity index is 2.37. The number of hydrogen-bond acceptors (Lipinski definition) is 1. The van der Waals surface area contributed by atoms with E-state index >= 15 is 0 Å². The van der Waals surface area contributed by atoms with E-state index in [9.17, 15) is 4.79 Å². The largest absolute Gasteiger partial charge is 0.291 e. The molecule has 8 heavy (non-hydrogen) atoms. The molecule has 1 nitrogen and oxygen atoms in total. The van der Waals surface area contributed by atoms with E-state index in [1.54, 1.807) is 0 Å². The zero-order valence-electron chi connectivity index (χ0n) is 4.76. The minimum atomic E-state index is 0.194. The van der Waals surface area contributed by atoms with Gasteiger partial charge in [0.15, 0.2) is 0 Å². The zero-order valence-corrected chi connectivity index (χ0v) is 4.76. The second-order valence-electron chi connectivity index (χ2n) is 2.10. The van der Waals surface area contributed by atoms with E-state index in [2.05, 4.69) is 12.2 Å². The molecule has 0 saturated carbocycles. The molecule has 0 aliphatic heterocycles. The third-order valence-electron chi connectivity index (χ3n) is 1.44. The number of hydrogen-bond donors (Lipinski definition) is 0. The Kier molecular flexibility index (Phi) is 1.84. The summed E-state index contributed by atoms with van der Waals surface area (Å²) >= 11 is 0. The second kappa shape index (κ2) is 2.65. The summed E-state index contributed by atoms with van der Waals surface area (Å²) < 4.78 is 0. The molecule has 0 N–H and O–H groups in total. The molecule has 0 fully saturated rings. The van der Waals surface area contributed by atoms with Gasteiger partial charge in [0, 0.05) is 5.92 Å². The lowest BCUT2D eigenvalue weighted by Crippen LogP contribution is -2.02. The van der Waals surface area contributed by atoms with Crippen LogP contribution in [0.15, 0.2) is 12.2 Å². The van der Waals surface area contributed by atoms with Crippen LogP contribution in [0.25, 0.3) is 0 Å². The van der Waals surface area contributed by atoms with Crippen LogP contribution in [-0.4, -0.2) is 6.29 Å². The quantitative estimate of drug-likeness (QED) is 0.466. The highest BCUT2D eigenvalue weighted by Crippen LogP contribution is 2.14. The van der Waals surface area contributed by atoms with Gasteiger partial charge < -0.3 is 0 Å². The predicted octanol–water partition coefficient (Wildman–Crippen LogP) is 1.45. The predicted molar refractivity (Wildman–Crippen MR) is 32.2 cm³/mol. The summed E-state index contributed by atoms with van der Waals surface area (Å²) in [5.74, 6) is 0.194. The summed E-state index contributed by atoms with van der Waals surface area (Å²) in [5, 5.41) is 0. The molecule has 0 aromatic heterocycles. The van der Waals surface area contributed by atoms with Gasteiger partial charge in [0.2, 0.25) is 6.29 Å². The molecule has 0 aromatic rings. The van der Waals surface area contributed by atoms with Crippen LogP contribution in [0.1, 0.15) is 19.3 Å². The number of allylic oxidation sites excluding steroid dienone is 2. The minimum absolute atomic E-state index is 0.194. The Morgan fingerprint density at radius 1 is 1.50 bits per heavy atom. The fourth-order valence-corrected chi connectivity index (χ4v) is 0.901. The topological polar surface area (TPSA) is 17.1 Å². The molecule has 0 heterocycles. The van der Waals surface area contributed by atoms with Crippen LogP contribution in [-0.2, 0) is 4.79 Å². The Bertz CT molecular complexity index is 105. The number of rotatable bonds is 1. The van der Waals surface area contributed by atoms with Crippen molar-refractivity contribution >= 4 is 6.29 Å². The molecule has 0 spiro atoms. The zero-order chi connectivity index (χ0) is 5.82. The summed E-state index contributed by atoms with van der Waals surface area (Å²) in [6.45, 7) is 0. The Hall–Kier alpha value is -0.590. The first-order valence-electron chi connectivity index (χ1n) is 2.96. The maximum Gasteiger partial charge on any atom is 0.202 e. The van der Waals surface area contributed by atoms with E-state index in [0.717, 1.165) is 19.3 Å². The van der Waals surface area contributed by atoms with E-state index in [0.29, 0.717) is 0 Å². The van der Waals surface area contributed by atoms with Crippen molar-refractivity contribution in [2.45, 2.75) is 19.3 Å². The molecule has 0 saturated heterocycles. The molecule has 43 valence electrons. The fraction of sp³-hybridized carbons (Fsp3) is 0.571. The molecular formula is C7H9O. The lowest BCUT2D eigenvalue weighted by Gasteiger charge is -2.07. The van der Waals surface area contributed by atoms with Gasteiger partial charge in [0.05, 0.1) is 0 Å². The minimum Gasteiger partial charge on any atom is -0.291 e. The molecule has 1 heteroatoms. The molecule has 1 unspecified atom stereocenters. The van der Waals surface area contributed by atoms with Crippen LogP contribution in [0.2, 0.25) is 0 Å². The first-order valence-corrected chi connectivity index (χ1v) is 2.96. The molecule has 0 aromatic carbocycles. The first-order chi connectivity index (χ1) is 3.93. The normalized spacial score (nSPS) is 27.8. The van der Waals surface area contributed by atoms with Crippen molar-refractivity contribution in [3.05, 3.63) is 12.2 Å². The highest BCUT2D eigenvalue weighted by atomic mass is 16.1. The SMILES string of the molecule is O=[C]C1CC=CCC1. The van der Waals surface area contributed by atoms with Crippen molar-refractivity contribution in [2.75, 3.05) is 0 Å². The van der Waals surface area contributed by atoms with Crippen LogP contribution in [0.3, 0.4) is 0 Å². The van der Waals surface area contributed by atoms with Crippen LogP contribution >= 0.6 is 0 Å². The second-order valence-corrected chi connectivity index (χ2v) is 2.10. The first kappa shape index (κ1) is 5.54. The molecule has 1 rings (SSSR count). The van der Waals surface area contributed by atoms with Crippen molar-refractivity contribution < 1.29 is 4.79 Å². The third-order valence-corrected chi connectivity index (χ3v) is 1.44. The van der Waals surface area contributed by atoms with Crippen LogP contribution in [0, 0.1) is 5.92 Å². The molecule has 1 atom stereocenters. The van der Waals surface area contributed by atoms with Gasteiger partial charge in [-0.1, -0.05) is 12.2 Å². The maximum atomic E-state index is 10.0. The monoisotopic (exact) mass is 109 g/mol. The van der Waals surface area contributed by atoms with Crippen molar-refractivity contribution in [3.8, 4) is 0 Å². The van der Waals surface area contributed by atoms with E-state index in [1.807, 2.05) is 6.29 Å². The Labute approximate surface area is 49.4 Å². The summed E-state index contributed by atoms with van der Waals surface area (Å²) in [5.41, 5.74) is 0. The van der Waals surface area contributed by atoms with Crippen molar-refractivity contribution in [3.63, 3.8) is 0 Å². The lowest BCUT2D eigenvalue weighted by molar-refractivity contribution is 0.503. The van der Waals surface area contributed by atoms with E-state index in [4.69, 9.17) is 0 Å². The molecule has 0 bridgehead atoms. The van der Waals surface area contributed by atoms with Gasteiger partial charge >= 0.3 is 0 Å². The Morgan fingerprint density at radius 3 is 2.75 bits per heavy atom. The average molecular weight is 109 g/mol. The van der Waals surface area contributed by atoms with Gasteiger partial charge in [-0.15, -0.1) is 0 Å². The molecule has 1 radical (unpaired) electrons. The van der Waals surface area contributed by atoms with Gasteiger partial charge in [-0.25, -0.2) is 0 Å². The summed E-state index contributed by atoms with van der Waals surface area (Å²) in [6.07, 6.45) is 9.14. The average Bonchev–Trinajstić information content (AvgIpc) is 1.90. The maximum absolute atomic E-state index is 10.0. The molecular weight excluding hydrogens is 100 g/mol. The van der Waals surface area contributed by atoms with E-state index < -0.39 is 0 Å². The van der Waals surface area contributed by atoms with Crippen molar-refractivity contribution in [1.82, 2.24) is 0 Å². The van der Waals surface area contributed by atoms with Crippen LogP contribution in [0.5, 0.6) is 0 Å². The van der Waals surface area contributed by atoms with Gasteiger partial charge in [0.25, 0.3) is 0 Å². The Morgan fingerprint density at radius 2 is 2.38 bits per heavy atom. The molecule has 1 aliphatic carbocycles. The molecule has 0 amide bonds.